The summed E-state index contributed by atoms with van der Waals surface area (Å²) in [5.41, 5.74) is 3.15. The highest BCUT2D eigenvalue weighted by Crippen LogP contribution is 2.38. The molecular formula is C36H45N7O5. The highest BCUT2D eigenvalue weighted by atomic mass is 16.6. The molecule has 12 nitrogen and oxygen atoms in total. The van der Waals surface area contributed by atoms with Gasteiger partial charge in [-0.1, -0.05) is 0 Å². The van der Waals surface area contributed by atoms with Crippen LogP contribution < -0.4 is 9.64 Å². The maximum Gasteiger partial charge on any atom is 0.410 e. The minimum atomic E-state index is -0.471. The summed E-state index contributed by atoms with van der Waals surface area (Å²) in [6.45, 7) is 5.36. The predicted octanol–water partition coefficient (Wildman–Crippen LogP) is 5.48. The topological polar surface area (TPSA) is 147 Å². The van der Waals surface area contributed by atoms with Crippen molar-refractivity contribution in [2.75, 3.05) is 31.6 Å². The van der Waals surface area contributed by atoms with E-state index in [4.69, 9.17) is 14.5 Å². The average Bonchev–Trinajstić information content (AvgIpc) is 3.60. The van der Waals surface area contributed by atoms with Crippen LogP contribution in [0.3, 0.4) is 0 Å². The molecule has 12 heteroatoms. The fourth-order valence-electron chi connectivity index (χ4n) is 7.11. The number of aromatic nitrogens is 4. The number of rotatable bonds is 9. The number of anilines is 1. The van der Waals surface area contributed by atoms with E-state index in [0.717, 1.165) is 42.5 Å². The monoisotopic (exact) mass is 655 g/mol. The molecular weight excluding hydrogens is 610 g/mol. The SMILES string of the molecule is COc1ccc([C@H]2CC[C@H](CN(c3cc(-c4cnn(C(C)C)c4)ccn3)C(=O)[C@H]3CC[C@H](OC(=O)N4CC(O)C4)CC3)CC2)nc1C#N. The lowest BCUT2D eigenvalue weighted by Crippen LogP contribution is -2.54. The van der Waals surface area contributed by atoms with Crippen LogP contribution in [0.2, 0.25) is 0 Å². The van der Waals surface area contributed by atoms with E-state index in [0.29, 0.717) is 62.6 Å². The third kappa shape index (κ3) is 7.46. The van der Waals surface area contributed by atoms with E-state index in [1.807, 2.05) is 46.2 Å². The fraction of sp³-hybridized carbons (Fsp3) is 0.556. The van der Waals surface area contributed by atoms with Gasteiger partial charge >= 0.3 is 6.09 Å². The first-order valence-corrected chi connectivity index (χ1v) is 17.1. The Morgan fingerprint density at radius 3 is 2.46 bits per heavy atom. The Bertz CT molecular complexity index is 1630. The van der Waals surface area contributed by atoms with E-state index < -0.39 is 6.10 Å². The summed E-state index contributed by atoms with van der Waals surface area (Å²) < 4.78 is 12.9. The quantitative estimate of drug-likeness (QED) is 0.317. The van der Waals surface area contributed by atoms with Crippen molar-refractivity contribution < 1.29 is 24.2 Å². The Morgan fingerprint density at radius 2 is 1.81 bits per heavy atom. The van der Waals surface area contributed by atoms with Crippen molar-refractivity contribution in [3.05, 3.63) is 54.2 Å². The molecule has 254 valence electrons. The molecule has 3 aromatic rings. The number of β-amino-alcohol motifs (C(OH)–C–C–N with tert-alkyl or cyclic N) is 1. The van der Waals surface area contributed by atoms with Crippen molar-refractivity contribution >= 4 is 17.8 Å². The van der Waals surface area contributed by atoms with Gasteiger partial charge in [-0.3, -0.25) is 14.4 Å². The van der Waals surface area contributed by atoms with Gasteiger partial charge in [0.15, 0.2) is 11.4 Å². The van der Waals surface area contributed by atoms with Crippen LogP contribution in [-0.4, -0.2) is 80.7 Å². The van der Waals surface area contributed by atoms with Crippen LogP contribution in [0.5, 0.6) is 5.75 Å². The summed E-state index contributed by atoms with van der Waals surface area (Å²) >= 11 is 0. The lowest BCUT2D eigenvalue weighted by Gasteiger charge is -2.37. The van der Waals surface area contributed by atoms with Gasteiger partial charge < -0.3 is 19.5 Å². The number of nitriles is 1. The first-order chi connectivity index (χ1) is 23.2. The lowest BCUT2D eigenvalue weighted by molar-refractivity contribution is -0.124. The molecule has 0 aromatic carbocycles. The number of hydrogen-bond acceptors (Lipinski definition) is 9. The van der Waals surface area contributed by atoms with Gasteiger partial charge in [0.1, 0.15) is 18.0 Å². The lowest BCUT2D eigenvalue weighted by atomic mass is 9.79. The number of aliphatic hydroxyl groups excluding tert-OH is 1. The van der Waals surface area contributed by atoms with Gasteiger partial charge in [0.05, 0.1) is 32.5 Å². The molecule has 0 spiro atoms. The number of carbonyl (C=O) groups is 2. The normalized spacial score (nSPS) is 22.9. The van der Waals surface area contributed by atoms with Gasteiger partial charge in [0, 0.05) is 48.1 Å². The maximum atomic E-state index is 14.3. The first-order valence-electron chi connectivity index (χ1n) is 17.1. The second-order valence-electron chi connectivity index (χ2n) is 13.7. The molecule has 2 amide bonds. The van der Waals surface area contributed by atoms with Crippen molar-refractivity contribution in [1.82, 2.24) is 24.6 Å². The van der Waals surface area contributed by atoms with Crippen molar-refractivity contribution in [1.29, 1.82) is 5.26 Å². The summed E-state index contributed by atoms with van der Waals surface area (Å²) in [6.07, 6.45) is 10.8. The average molecular weight is 656 g/mol. The summed E-state index contributed by atoms with van der Waals surface area (Å²) in [5.74, 6) is 1.53. The largest absolute Gasteiger partial charge is 0.494 e. The summed E-state index contributed by atoms with van der Waals surface area (Å²) in [4.78, 5) is 39.4. The molecule has 3 aliphatic rings. The maximum absolute atomic E-state index is 14.3. The molecule has 2 aliphatic carbocycles. The fourth-order valence-corrected chi connectivity index (χ4v) is 7.11. The van der Waals surface area contributed by atoms with E-state index in [2.05, 4.69) is 30.0 Å². The minimum absolute atomic E-state index is 0.0609. The van der Waals surface area contributed by atoms with E-state index in [9.17, 15) is 20.0 Å². The number of pyridine rings is 2. The highest BCUT2D eigenvalue weighted by Gasteiger charge is 2.36. The Kier molecular flexibility index (Phi) is 10.2. The van der Waals surface area contributed by atoms with Crippen molar-refractivity contribution in [3.8, 4) is 22.9 Å². The van der Waals surface area contributed by atoms with Crippen LogP contribution in [0.15, 0.2) is 42.9 Å². The van der Waals surface area contributed by atoms with Gasteiger partial charge in [0.2, 0.25) is 5.91 Å². The molecule has 0 atom stereocenters. The van der Waals surface area contributed by atoms with Crippen LogP contribution in [0, 0.1) is 23.2 Å². The molecule has 4 heterocycles. The van der Waals surface area contributed by atoms with Gasteiger partial charge in [-0.15, -0.1) is 0 Å². The number of aliphatic hydroxyl groups is 1. The molecule has 1 saturated heterocycles. The summed E-state index contributed by atoms with van der Waals surface area (Å²) in [6, 6.07) is 10.1. The first kappa shape index (κ1) is 33.4. The van der Waals surface area contributed by atoms with Crippen LogP contribution in [-0.2, 0) is 9.53 Å². The molecule has 6 rings (SSSR count). The second kappa shape index (κ2) is 14.7. The van der Waals surface area contributed by atoms with E-state index in [1.165, 1.54) is 4.90 Å². The van der Waals surface area contributed by atoms with Crippen LogP contribution in [0.4, 0.5) is 10.6 Å². The van der Waals surface area contributed by atoms with E-state index in [-0.39, 0.29) is 41.9 Å². The Morgan fingerprint density at radius 1 is 1.06 bits per heavy atom. The minimum Gasteiger partial charge on any atom is -0.494 e. The number of methoxy groups -OCH3 is 1. The molecule has 2 saturated carbocycles. The van der Waals surface area contributed by atoms with Gasteiger partial charge in [-0.2, -0.15) is 10.4 Å². The zero-order valence-corrected chi connectivity index (χ0v) is 28.0. The smallest absolute Gasteiger partial charge is 0.410 e. The van der Waals surface area contributed by atoms with E-state index >= 15 is 0 Å². The molecule has 3 fully saturated rings. The van der Waals surface area contributed by atoms with Crippen LogP contribution in [0.25, 0.3) is 11.1 Å². The Balaban J connectivity index is 1.15. The predicted molar refractivity (Wildman–Crippen MR) is 178 cm³/mol. The molecule has 1 aliphatic heterocycles. The van der Waals surface area contributed by atoms with Gasteiger partial charge in [0.25, 0.3) is 0 Å². The molecule has 0 unspecified atom stereocenters. The molecule has 48 heavy (non-hydrogen) atoms. The highest BCUT2D eigenvalue weighted by molar-refractivity contribution is 5.94. The molecule has 3 aromatic heterocycles. The van der Waals surface area contributed by atoms with E-state index in [1.54, 1.807) is 13.3 Å². The van der Waals surface area contributed by atoms with Crippen molar-refractivity contribution in [3.63, 3.8) is 0 Å². The summed E-state index contributed by atoms with van der Waals surface area (Å²) in [5, 5.41) is 23.6. The van der Waals surface area contributed by atoms with Gasteiger partial charge in [-0.05, 0) is 101 Å². The number of likely N-dealkylation sites (tertiary alicyclic amines) is 1. The van der Waals surface area contributed by atoms with Crippen LogP contribution >= 0.6 is 0 Å². The Hall–Kier alpha value is -4.50. The number of hydrogen-bond donors (Lipinski definition) is 1. The van der Waals surface area contributed by atoms with Crippen molar-refractivity contribution in [2.45, 2.75) is 89.4 Å². The number of carbonyl (C=O) groups excluding carboxylic acids is 2. The third-order valence-electron chi connectivity index (χ3n) is 10.1. The molecule has 0 radical (unpaired) electrons. The summed E-state index contributed by atoms with van der Waals surface area (Å²) in [7, 11) is 1.54. The zero-order chi connectivity index (χ0) is 33.8. The molecule has 1 N–H and O–H groups in total. The second-order valence-corrected chi connectivity index (χ2v) is 13.7. The zero-order valence-electron chi connectivity index (χ0n) is 28.0. The van der Waals surface area contributed by atoms with Crippen molar-refractivity contribution in [2.24, 2.45) is 11.8 Å². The van der Waals surface area contributed by atoms with Gasteiger partial charge in [-0.25, -0.2) is 14.8 Å². The number of ether oxygens (including phenoxy) is 2. The van der Waals surface area contributed by atoms with Crippen LogP contribution in [0.1, 0.15) is 88.6 Å². The molecule has 0 bridgehead atoms. The number of nitrogens with zero attached hydrogens (tertiary/aromatic N) is 7. The Labute approximate surface area is 281 Å². The standard InChI is InChI=1S/C36H45N7O5/c1-23(2)43-20-28(18-39-43)27-14-15-38-34(16-27)42(35(45)26-8-10-30(11-9-26)48-36(46)41-21-29(44)22-41)19-24-4-6-25(7-5-24)31-12-13-33(47-3)32(17-37)40-31/h12-16,18,20,23-26,29-30,44H,4-11,19,21-22H2,1-3H3/t24-,25-,26-,30-. The number of amides is 2. The third-order valence-corrected chi connectivity index (χ3v) is 10.1.